The van der Waals surface area contributed by atoms with Gasteiger partial charge in [-0.2, -0.15) is 0 Å². The van der Waals surface area contributed by atoms with E-state index in [4.69, 9.17) is 5.73 Å². The van der Waals surface area contributed by atoms with Crippen LogP contribution in [0.3, 0.4) is 0 Å². The van der Waals surface area contributed by atoms with Crippen LogP contribution in [0.5, 0.6) is 0 Å². The van der Waals surface area contributed by atoms with Crippen molar-refractivity contribution in [3.8, 4) is 0 Å². The second-order valence-electron chi connectivity index (χ2n) is 8.54. The molecule has 0 spiro atoms. The molecule has 0 radical (unpaired) electrons. The fraction of sp³-hybridized carbons (Fsp3) is 0.241. The lowest BCUT2D eigenvalue weighted by atomic mass is 9.97. The molecule has 3 aromatic rings. The maximum atomic E-state index is 5.85. The smallest absolute Gasteiger partial charge is 0.0443 e. The maximum Gasteiger partial charge on any atom is 0.0443 e. The topological polar surface area (TPSA) is 32.5 Å². The molecule has 0 unspecified atom stereocenters. The van der Waals surface area contributed by atoms with Crippen LogP contribution in [0.15, 0.2) is 91.5 Å². The first-order valence-corrected chi connectivity index (χ1v) is 11.4. The molecule has 164 valence electrons. The monoisotopic (exact) mass is 423 g/mol. The Morgan fingerprint density at radius 1 is 0.969 bits per heavy atom. The molecule has 3 nitrogen and oxygen atoms in total. The van der Waals surface area contributed by atoms with Crippen LogP contribution in [0.2, 0.25) is 0 Å². The van der Waals surface area contributed by atoms with E-state index in [2.05, 4.69) is 102 Å². The number of benzene rings is 3. The molecule has 0 bridgehead atoms. The summed E-state index contributed by atoms with van der Waals surface area (Å²) in [5.74, 6) is 0. The highest BCUT2D eigenvalue weighted by Crippen LogP contribution is 2.25. The summed E-state index contributed by atoms with van der Waals surface area (Å²) in [6, 6.07) is 27.7. The van der Waals surface area contributed by atoms with E-state index in [1.165, 1.54) is 28.0 Å². The summed E-state index contributed by atoms with van der Waals surface area (Å²) in [6.07, 6.45) is 3.32. The molecule has 3 aromatic carbocycles. The molecule has 0 saturated heterocycles. The summed E-state index contributed by atoms with van der Waals surface area (Å²) in [6.45, 7) is 9.01. The Bertz CT molecular complexity index is 1070. The number of likely N-dealkylation sites (N-methyl/N-ethyl adjacent to an activating group) is 1. The van der Waals surface area contributed by atoms with Gasteiger partial charge in [0.05, 0.1) is 0 Å². The average molecular weight is 424 g/mol. The van der Waals surface area contributed by atoms with Gasteiger partial charge in [-0.15, -0.1) is 0 Å². The molecule has 0 amide bonds. The fourth-order valence-electron chi connectivity index (χ4n) is 4.32. The zero-order chi connectivity index (χ0) is 22.3. The first kappa shape index (κ1) is 22.1. The lowest BCUT2D eigenvalue weighted by molar-refractivity contribution is 0.235. The molecule has 3 heteroatoms. The zero-order valence-corrected chi connectivity index (χ0v) is 19.0. The molecule has 0 fully saturated rings. The van der Waals surface area contributed by atoms with Gasteiger partial charge in [-0.05, 0) is 45.9 Å². The molecule has 0 saturated carbocycles. The van der Waals surface area contributed by atoms with Gasteiger partial charge in [0.25, 0.3) is 0 Å². The lowest BCUT2D eigenvalue weighted by Gasteiger charge is -2.32. The van der Waals surface area contributed by atoms with Crippen LogP contribution in [0, 0.1) is 0 Å². The molecule has 1 aliphatic heterocycles. The van der Waals surface area contributed by atoms with Crippen LogP contribution in [0.4, 0.5) is 0 Å². The van der Waals surface area contributed by atoms with E-state index in [1.807, 2.05) is 6.07 Å². The van der Waals surface area contributed by atoms with Gasteiger partial charge >= 0.3 is 0 Å². The number of fused-ring (bicyclic) bond motifs is 1. The van der Waals surface area contributed by atoms with Gasteiger partial charge in [0, 0.05) is 45.5 Å². The highest BCUT2D eigenvalue weighted by molar-refractivity contribution is 5.82. The van der Waals surface area contributed by atoms with Crippen LogP contribution in [0.1, 0.15) is 27.8 Å². The standard InChI is InChI=1S/C29H33N3/c1-23(25-9-5-3-6-10-25)19-29(27-11-7-4-8-12-27)31(2)17-18-32-16-15-26-14-13-24(21-30)20-28(26)22-32/h3-14,19-20H,1,15-18,21-22,30H2,2H3/b29-19-. The summed E-state index contributed by atoms with van der Waals surface area (Å²) in [5.41, 5.74) is 14.6. The van der Waals surface area contributed by atoms with Gasteiger partial charge in [0.1, 0.15) is 0 Å². The van der Waals surface area contributed by atoms with Gasteiger partial charge < -0.3 is 10.6 Å². The minimum Gasteiger partial charge on any atom is -0.373 e. The predicted molar refractivity (Wildman–Crippen MR) is 136 cm³/mol. The molecular weight excluding hydrogens is 390 g/mol. The fourth-order valence-corrected chi connectivity index (χ4v) is 4.32. The molecule has 4 rings (SSSR count). The van der Waals surface area contributed by atoms with Crippen molar-refractivity contribution in [2.75, 3.05) is 26.7 Å². The van der Waals surface area contributed by atoms with Crippen LogP contribution in [-0.4, -0.2) is 36.5 Å². The van der Waals surface area contributed by atoms with E-state index in [0.717, 1.165) is 43.7 Å². The highest BCUT2D eigenvalue weighted by atomic mass is 15.2. The van der Waals surface area contributed by atoms with E-state index in [-0.39, 0.29) is 0 Å². The number of allylic oxidation sites excluding steroid dienone is 2. The summed E-state index contributed by atoms with van der Waals surface area (Å²) >= 11 is 0. The maximum absolute atomic E-state index is 5.85. The Morgan fingerprint density at radius 3 is 2.34 bits per heavy atom. The summed E-state index contributed by atoms with van der Waals surface area (Å²) in [4.78, 5) is 4.91. The third-order valence-electron chi connectivity index (χ3n) is 6.29. The number of nitrogens with zero attached hydrogens (tertiary/aromatic N) is 2. The van der Waals surface area contributed by atoms with Crippen LogP contribution >= 0.6 is 0 Å². The summed E-state index contributed by atoms with van der Waals surface area (Å²) in [7, 11) is 2.18. The van der Waals surface area contributed by atoms with Crippen molar-refractivity contribution in [2.24, 2.45) is 5.73 Å². The zero-order valence-electron chi connectivity index (χ0n) is 19.0. The van der Waals surface area contributed by atoms with Crippen molar-refractivity contribution in [3.05, 3.63) is 119 Å². The number of rotatable bonds is 8. The van der Waals surface area contributed by atoms with Gasteiger partial charge in [-0.1, -0.05) is 85.4 Å². The Balaban J connectivity index is 1.48. The minimum absolute atomic E-state index is 0.604. The molecule has 1 aliphatic rings. The molecular formula is C29H33N3. The van der Waals surface area contributed by atoms with Crippen molar-refractivity contribution >= 4 is 11.3 Å². The van der Waals surface area contributed by atoms with E-state index < -0.39 is 0 Å². The quantitative estimate of drug-likeness (QED) is 0.506. The largest absolute Gasteiger partial charge is 0.373 e. The summed E-state index contributed by atoms with van der Waals surface area (Å²) < 4.78 is 0. The average Bonchev–Trinajstić information content (AvgIpc) is 2.86. The molecule has 2 N–H and O–H groups in total. The van der Waals surface area contributed by atoms with Crippen molar-refractivity contribution in [1.82, 2.24) is 9.80 Å². The highest BCUT2D eigenvalue weighted by Gasteiger charge is 2.17. The van der Waals surface area contributed by atoms with E-state index >= 15 is 0 Å². The third-order valence-corrected chi connectivity index (χ3v) is 6.29. The number of hydrogen-bond acceptors (Lipinski definition) is 3. The Labute approximate surface area is 192 Å². The van der Waals surface area contributed by atoms with Crippen LogP contribution in [-0.2, 0) is 19.5 Å². The Kier molecular flexibility index (Phi) is 7.21. The number of nitrogens with two attached hydrogens (primary N) is 1. The molecule has 0 aromatic heterocycles. The van der Waals surface area contributed by atoms with Crippen molar-refractivity contribution in [1.29, 1.82) is 0 Å². The third kappa shape index (κ3) is 5.37. The molecule has 0 aliphatic carbocycles. The SMILES string of the molecule is C=C(/C=C(/c1ccccc1)N(C)CCN1CCc2ccc(CN)cc2C1)c1ccccc1. The number of hydrogen-bond donors (Lipinski definition) is 1. The van der Waals surface area contributed by atoms with Crippen molar-refractivity contribution < 1.29 is 0 Å². The Morgan fingerprint density at radius 2 is 1.66 bits per heavy atom. The van der Waals surface area contributed by atoms with Crippen LogP contribution in [0.25, 0.3) is 11.3 Å². The second kappa shape index (κ2) is 10.4. The molecule has 0 atom stereocenters. The van der Waals surface area contributed by atoms with Gasteiger partial charge in [0.2, 0.25) is 0 Å². The molecule has 32 heavy (non-hydrogen) atoms. The van der Waals surface area contributed by atoms with E-state index in [9.17, 15) is 0 Å². The second-order valence-corrected chi connectivity index (χ2v) is 8.54. The van der Waals surface area contributed by atoms with Gasteiger partial charge in [0.15, 0.2) is 0 Å². The Hall–Kier alpha value is -3.14. The first-order chi connectivity index (χ1) is 15.6. The van der Waals surface area contributed by atoms with E-state index in [0.29, 0.717) is 6.54 Å². The predicted octanol–water partition coefficient (Wildman–Crippen LogP) is 5.19. The van der Waals surface area contributed by atoms with Gasteiger partial charge in [-0.3, -0.25) is 4.90 Å². The van der Waals surface area contributed by atoms with E-state index in [1.54, 1.807) is 0 Å². The summed E-state index contributed by atoms with van der Waals surface area (Å²) in [5, 5.41) is 0. The van der Waals surface area contributed by atoms with Crippen LogP contribution < -0.4 is 5.73 Å². The van der Waals surface area contributed by atoms with Crippen molar-refractivity contribution in [2.45, 2.75) is 19.5 Å². The molecule has 1 heterocycles. The van der Waals surface area contributed by atoms with Crippen molar-refractivity contribution in [3.63, 3.8) is 0 Å². The lowest BCUT2D eigenvalue weighted by Crippen LogP contribution is -2.36. The van der Waals surface area contributed by atoms with Gasteiger partial charge in [-0.25, -0.2) is 0 Å². The minimum atomic E-state index is 0.604. The normalized spacial score (nSPS) is 14.1. The first-order valence-electron chi connectivity index (χ1n) is 11.4.